The predicted molar refractivity (Wildman–Crippen MR) is 440 cm³/mol. The Morgan fingerprint density at radius 1 is 0.297 bits per heavy atom. The van der Waals surface area contributed by atoms with Crippen LogP contribution in [0.15, 0.2) is 207 Å². The van der Waals surface area contributed by atoms with Gasteiger partial charge in [0.05, 0.1) is 13.2 Å². The third-order valence-corrected chi connectivity index (χ3v) is 17.6. The Kier molecular flexibility index (Phi) is 79.1. The van der Waals surface area contributed by atoms with Crippen molar-refractivity contribution >= 4 is 19.8 Å². The fraction of sp³-hybridized carbons (Fsp3) is 0.604. The van der Waals surface area contributed by atoms with Crippen molar-refractivity contribution in [3.8, 4) is 0 Å². The lowest BCUT2D eigenvalue weighted by Gasteiger charge is -2.19. The van der Waals surface area contributed by atoms with Gasteiger partial charge in [0.15, 0.2) is 6.10 Å². The summed E-state index contributed by atoms with van der Waals surface area (Å²) in [5, 5.41) is 0. The lowest BCUT2D eigenvalue weighted by atomic mass is 10.0. The predicted octanol–water partition coefficient (Wildman–Crippen LogP) is 27.8. The molecule has 0 spiro atoms. The molecular weight excluding hydrogens is 1270 g/mol. The van der Waals surface area contributed by atoms with E-state index in [9.17, 15) is 19.0 Å². The van der Waals surface area contributed by atoms with Crippen LogP contribution in [-0.2, 0) is 32.7 Å². The molecule has 0 aromatic heterocycles. The number of carbonyl (C=O) groups excluding carboxylic acids is 2. The molecule has 0 fully saturated rings. The lowest BCUT2D eigenvalue weighted by Crippen LogP contribution is -2.29. The third kappa shape index (κ3) is 83.4. The molecule has 0 aliphatic heterocycles. The summed E-state index contributed by atoms with van der Waals surface area (Å²) in [4.78, 5) is 35.5. The molecule has 0 bridgehead atoms. The summed E-state index contributed by atoms with van der Waals surface area (Å²) in [6.07, 6.45) is 128. The Hall–Kier alpha value is -5.41. The van der Waals surface area contributed by atoms with E-state index in [1.54, 1.807) is 0 Å². The summed E-state index contributed by atoms with van der Waals surface area (Å²) < 4.78 is 33.3. The van der Waals surface area contributed by atoms with Crippen molar-refractivity contribution in [1.29, 1.82) is 0 Å². The molecule has 10 heteroatoms. The number of esters is 2. The SMILES string of the molecule is CC/C=C\C/C=C\C/C=C\C/C=C\C/C=C\C/C=C\C/C=C\C/C=C\C/C=C\CCCCCCCCCCCCCCCC(=O)OC(COC(=O)CCCCCCCCCCCCCCCC/C=C\C/C=C\C/C=C\C/C=C\C/C=C\C/C=C\C/C=C\C/C=C\CC)COP(=O)(O)OCCN. The summed E-state index contributed by atoms with van der Waals surface area (Å²) in [6.45, 7) is 3.52. The van der Waals surface area contributed by atoms with Gasteiger partial charge in [-0.05, 0) is 148 Å². The Bertz CT molecular complexity index is 2420. The van der Waals surface area contributed by atoms with Gasteiger partial charge in [0.2, 0.25) is 0 Å². The molecule has 9 nitrogen and oxygen atoms in total. The third-order valence-electron chi connectivity index (χ3n) is 16.7. The van der Waals surface area contributed by atoms with E-state index < -0.39 is 26.5 Å². The average Bonchev–Trinajstić information content (AvgIpc) is 1.04. The zero-order valence-electron chi connectivity index (χ0n) is 64.3. The number of phosphoric acid groups is 1. The standard InChI is InChI=1S/C91H148NO8P/c1-3-5-7-9-11-13-15-17-19-21-23-25-27-29-31-33-35-37-39-41-43-44-46-48-50-52-54-56-58-60-62-64-66-68-70-72-74-76-78-80-82-84-91(94)100-89(88-99-101(95,96)98-86-85-92)87-97-90(93)83-81-79-77-75-73-71-69-67-65-63-61-59-57-55-53-51-49-47-45-42-40-38-36-34-32-30-28-26-24-22-20-18-16-14-12-10-8-6-4-2/h5-8,11-14,17-20,23-26,29-32,35-38,41-43,45-46,48-49,51-52,54,89H,3-4,9-10,15-16,21-22,27-28,33-34,39-40,44,47,50,53,55-88,92H2,1-2H3,(H,95,96)/b7-5-,8-6-,13-11-,14-12-,19-17-,20-18-,25-23-,26-24-,31-29-,32-30-,37-35-,38-36-,43-41-,45-42-,48-46-,51-49-,54-52-. The van der Waals surface area contributed by atoms with Gasteiger partial charge in [-0.15, -0.1) is 0 Å². The smallest absolute Gasteiger partial charge is 0.462 e. The second-order valence-corrected chi connectivity index (χ2v) is 27.6. The zero-order chi connectivity index (χ0) is 72.9. The highest BCUT2D eigenvalue weighted by Crippen LogP contribution is 2.43. The van der Waals surface area contributed by atoms with Crippen LogP contribution in [-0.4, -0.2) is 49.3 Å². The van der Waals surface area contributed by atoms with Crippen molar-refractivity contribution in [3.05, 3.63) is 207 Å². The molecule has 0 aromatic rings. The van der Waals surface area contributed by atoms with Crippen molar-refractivity contribution in [2.45, 2.75) is 328 Å². The lowest BCUT2D eigenvalue weighted by molar-refractivity contribution is -0.161. The van der Waals surface area contributed by atoms with Crippen molar-refractivity contribution in [2.75, 3.05) is 26.4 Å². The number of rotatable bonds is 74. The number of unbranched alkanes of at least 4 members (excludes halogenated alkanes) is 27. The van der Waals surface area contributed by atoms with Gasteiger partial charge < -0.3 is 20.1 Å². The molecule has 2 unspecified atom stereocenters. The van der Waals surface area contributed by atoms with E-state index >= 15 is 0 Å². The van der Waals surface area contributed by atoms with E-state index in [1.165, 1.54) is 141 Å². The maximum atomic E-state index is 12.8. The van der Waals surface area contributed by atoms with E-state index in [-0.39, 0.29) is 38.6 Å². The fourth-order valence-electron chi connectivity index (χ4n) is 10.8. The van der Waals surface area contributed by atoms with Crippen LogP contribution in [0.3, 0.4) is 0 Å². The van der Waals surface area contributed by atoms with Crippen LogP contribution in [0.5, 0.6) is 0 Å². The normalized spacial score (nSPS) is 14.0. The number of hydrogen-bond donors (Lipinski definition) is 2. The first-order chi connectivity index (χ1) is 49.8. The molecule has 0 aliphatic carbocycles. The minimum Gasteiger partial charge on any atom is -0.462 e. The van der Waals surface area contributed by atoms with Gasteiger partial charge in [0.25, 0.3) is 0 Å². The molecule has 0 saturated heterocycles. The van der Waals surface area contributed by atoms with Gasteiger partial charge in [0.1, 0.15) is 6.61 Å². The molecule has 0 rings (SSSR count). The molecule has 0 heterocycles. The molecule has 0 aromatic carbocycles. The second kappa shape index (κ2) is 83.5. The molecule has 2 atom stereocenters. The van der Waals surface area contributed by atoms with Gasteiger partial charge in [-0.2, -0.15) is 0 Å². The summed E-state index contributed by atoms with van der Waals surface area (Å²) >= 11 is 0. The van der Waals surface area contributed by atoms with E-state index in [1.807, 2.05) is 0 Å². The topological polar surface area (TPSA) is 134 Å². The quantitative estimate of drug-likeness (QED) is 0.0264. The maximum absolute atomic E-state index is 12.8. The molecule has 0 amide bonds. The Morgan fingerprint density at radius 2 is 0.515 bits per heavy atom. The van der Waals surface area contributed by atoms with E-state index in [2.05, 4.69) is 220 Å². The largest absolute Gasteiger partial charge is 0.472 e. The number of ether oxygens (including phenoxy) is 2. The number of nitrogens with two attached hydrogens (primary N) is 1. The molecule has 0 aliphatic rings. The summed E-state index contributed by atoms with van der Waals surface area (Å²) in [5.74, 6) is -0.832. The highest BCUT2D eigenvalue weighted by Gasteiger charge is 2.26. The summed E-state index contributed by atoms with van der Waals surface area (Å²) in [5.41, 5.74) is 5.42. The van der Waals surface area contributed by atoms with Crippen LogP contribution in [0.2, 0.25) is 0 Å². The Morgan fingerprint density at radius 3 is 0.762 bits per heavy atom. The van der Waals surface area contributed by atoms with E-state index in [4.69, 9.17) is 24.3 Å². The highest BCUT2D eigenvalue weighted by molar-refractivity contribution is 7.47. The van der Waals surface area contributed by atoms with Gasteiger partial charge in [-0.1, -0.05) is 368 Å². The monoisotopic (exact) mass is 1410 g/mol. The van der Waals surface area contributed by atoms with Gasteiger partial charge in [-0.3, -0.25) is 18.6 Å². The van der Waals surface area contributed by atoms with Gasteiger partial charge >= 0.3 is 19.8 Å². The van der Waals surface area contributed by atoms with Crippen molar-refractivity contribution in [2.24, 2.45) is 5.73 Å². The van der Waals surface area contributed by atoms with E-state index in [0.717, 1.165) is 148 Å². The highest BCUT2D eigenvalue weighted by atomic mass is 31.2. The van der Waals surface area contributed by atoms with Crippen molar-refractivity contribution in [1.82, 2.24) is 0 Å². The van der Waals surface area contributed by atoms with E-state index in [0.29, 0.717) is 6.42 Å². The average molecular weight is 1420 g/mol. The Balaban J connectivity index is 3.89. The van der Waals surface area contributed by atoms with Gasteiger partial charge in [0, 0.05) is 19.4 Å². The van der Waals surface area contributed by atoms with Gasteiger partial charge in [-0.25, -0.2) is 4.57 Å². The molecule has 0 radical (unpaired) electrons. The van der Waals surface area contributed by atoms with Crippen LogP contribution in [0.1, 0.15) is 322 Å². The van der Waals surface area contributed by atoms with Crippen LogP contribution in [0.25, 0.3) is 0 Å². The molecule has 3 N–H and O–H groups in total. The zero-order valence-corrected chi connectivity index (χ0v) is 65.2. The van der Waals surface area contributed by atoms with Crippen molar-refractivity contribution in [3.63, 3.8) is 0 Å². The van der Waals surface area contributed by atoms with Crippen molar-refractivity contribution < 1.29 is 37.6 Å². The first-order valence-corrected chi connectivity index (χ1v) is 42.1. The van der Waals surface area contributed by atoms with Crippen LogP contribution in [0, 0.1) is 0 Å². The minimum absolute atomic E-state index is 0.0456. The second-order valence-electron chi connectivity index (χ2n) is 26.2. The number of allylic oxidation sites excluding steroid dienone is 34. The number of hydrogen-bond acceptors (Lipinski definition) is 8. The fourth-order valence-corrected chi connectivity index (χ4v) is 11.5. The first-order valence-electron chi connectivity index (χ1n) is 40.6. The number of phosphoric ester groups is 1. The molecule has 570 valence electrons. The maximum Gasteiger partial charge on any atom is 0.472 e. The Labute approximate surface area is 620 Å². The van der Waals surface area contributed by atoms with Crippen LogP contribution in [0.4, 0.5) is 0 Å². The first kappa shape index (κ1) is 95.6. The molecular formula is C91H148NO8P. The molecule has 0 saturated carbocycles. The summed E-state index contributed by atoms with van der Waals surface area (Å²) in [7, 11) is -4.41. The van der Waals surface area contributed by atoms with Crippen LogP contribution < -0.4 is 5.73 Å². The minimum atomic E-state index is -4.41. The summed E-state index contributed by atoms with van der Waals surface area (Å²) in [6, 6.07) is 0. The van der Waals surface area contributed by atoms with Crippen LogP contribution >= 0.6 is 7.82 Å². The molecule has 101 heavy (non-hydrogen) atoms. The number of carbonyl (C=O) groups is 2.